The molecule has 0 bridgehead atoms. The molecule has 0 aliphatic rings. The summed E-state index contributed by atoms with van der Waals surface area (Å²) < 4.78 is 0. The second-order valence-corrected chi connectivity index (χ2v) is 4.48. The lowest BCUT2D eigenvalue weighted by Crippen LogP contribution is -2.20. The van der Waals surface area contributed by atoms with Crippen molar-refractivity contribution < 1.29 is 4.79 Å². The number of amides is 1. The molecule has 7 heteroatoms. The van der Waals surface area contributed by atoms with Gasteiger partial charge in [0.15, 0.2) is 5.69 Å². The van der Waals surface area contributed by atoms with Crippen LogP contribution in [0.15, 0.2) is 30.7 Å². The largest absolute Gasteiger partial charge is 0.321 e. The van der Waals surface area contributed by atoms with E-state index in [0.717, 1.165) is 0 Å². The first-order valence-electron chi connectivity index (χ1n) is 6.16. The van der Waals surface area contributed by atoms with E-state index in [0.29, 0.717) is 17.2 Å². The van der Waals surface area contributed by atoms with E-state index in [-0.39, 0.29) is 17.5 Å². The molecule has 0 spiro atoms. The summed E-state index contributed by atoms with van der Waals surface area (Å²) in [6.07, 6.45) is 4.69. The van der Waals surface area contributed by atoms with Crippen LogP contribution in [0.25, 0.3) is 0 Å². The molecule has 0 radical (unpaired) electrons. The van der Waals surface area contributed by atoms with Crippen molar-refractivity contribution in [2.45, 2.75) is 19.8 Å². The second kappa shape index (κ2) is 6.07. The number of nitrogen functional groups attached to an aromatic ring is 1. The first-order chi connectivity index (χ1) is 9.61. The van der Waals surface area contributed by atoms with Crippen LogP contribution in [-0.4, -0.2) is 20.9 Å². The van der Waals surface area contributed by atoms with Crippen LogP contribution < -0.4 is 16.6 Å². The average molecular weight is 272 g/mol. The molecular formula is C13H16N6O. The number of rotatable bonds is 4. The minimum atomic E-state index is -0.353. The van der Waals surface area contributed by atoms with Crippen molar-refractivity contribution in [3.05, 3.63) is 42.2 Å². The van der Waals surface area contributed by atoms with E-state index in [1.54, 1.807) is 24.5 Å². The summed E-state index contributed by atoms with van der Waals surface area (Å²) in [4.78, 5) is 24.6. The van der Waals surface area contributed by atoms with Crippen LogP contribution in [0.1, 0.15) is 36.1 Å². The van der Waals surface area contributed by atoms with Gasteiger partial charge in [0.25, 0.3) is 5.91 Å². The summed E-state index contributed by atoms with van der Waals surface area (Å²) in [5.74, 6) is 5.74. The predicted octanol–water partition coefficient (Wildman–Crippen LogP) is 1.53. The molecule has 7 nitrogen and oxygen atoms in total. The Morgan fingerprint density at radius 3 is 2.60 bits per heavy atom. The summed E-state index contributed by atoms with van der Waals surface area (Å²) in [7, 11) is 0. The van der Waals surface area contributed by atoms with Gasteiger partial charge in [-0.1, -0.05) is 13.8 Å². The molecule has 2 aromatic rings. The van der Waals surface area contributed by atoms with E-state index in [1.165, 1.54) is 6.20 Å². The molecule has 0 aliphatic heterocycles. The van der Waals surface area contributed by atoms with E-state index in [1.807, 2.05) is 13.8 Å². The number of hydrogen-bond donors (Lipinski definition) is 3. The highest BCUT2D eigenvalue weighted by molar-refractivity contribution is 6.06. The highest BCUT2D eigenvalue weighted by atomic mass is 16.1. The summed E-state index contributed by atoms with van der Waals surface area (Å²) in [5, 5.41) is 2.73. The average Bonchev–Trinajstić information content (AvgIpc) is 2.47. The van der Waals surface area contributed by atoms with Gasteiger partial charge >= 0.3 is 0 Å². The van der Waals surface area contributed by atoms with Gasteiger partial charge in [-0.15, -0.1) is 0 Å². The van der Waals surface area contributed by atoms with Crippen LogP contribution in [0.4, 0.5) is 11.4 Å². The van der Waals surface area contributed by atoms with Crippen LogP contribution in [-0.2, 0) is 0 Å². The maximum absolute atomic E-state index is 12.3. The third-order valence-corrected chi connectivity index (χ3v) is 2.63. The molecule has 0 fully saturated rings. The summed E-state index contributed by atoms with van der Waals surface area (Å²) in [5.41, 5.74) is 3.65. The van der Waals surface area contributed by atoms with E-state index in [9.17, 15) is 4.79 Å². The molecule has 2 rings (SSSR count). The lowest BCUT2D eigenvalue weighted by molar-refractivity contribution is 0.102. The van der Waals surface area contributed by atoms with Crippen LogP contribution in [0, 0.1) is 0 Å². The minimum absolute atomic E-state index is 0.120. The molecule has 104 valence electrons. The van der Waals surface area contributed by atoms with Gasteiger partial charge in [0.05, 0.1) is 11.9 Å². The molecule has 20 heavy (non-hydrogen) atoms. The fraction of sp³-hybridized carbons (Fsp3) is 0.231. The molecule has 4 N–H and O–H groups in total. The predicted molar refractivity (Wildman–Crippen MR) is 76.1 cm³/mol. The third kappa shape index (κ3) is 3.07. The zero-order valence-corrected chi connectivity index (χ0v) is 11.3. The van der Waals surface area contributed by atoms with Gasteiger partial charge in [0.1, 0.15) is 5.82 Å². The molecule has 2 aromatic heterocycles. The second-order valence-electron chi connectivity index (χ2n) is 4.48. The Bertz CT molecular complexity index is 599. The molecule has 0 saturated carbocycles. The Kier molecular flexibility index (Phi) is 4.21. The standard InChI is InChI=1S/C13H16N6O/c1-8(2)12-16-7-10(19-14)11(18-12)13(20)17-9-3-5-15-6-4-9/h3-8,19H,14H2,1-2H3,(H,15,17,20). The third-order valence-electron chi connectivity index (χ3n) is 2.63. The monoisotopic (exact) mass is 272 g/mol. The first-order valence-corrected chi connectivity index (χ1v) is 6.16. The number of nitrogens with one attached hydrogen (secondary N) is 2. The highest BCUT2D eigenvalue weighted by Crippen LogP contribution is 2.17. The Balaban J connectivity index is 2.30. The molecule has 2 heterocycles. The zero-order valence-electron chi connectivity index (χ0n) is 11.3. The van der Waals surface area contributed by atoms with E-state index in [2.05, 4.69) is 25.7 Å². The van der Waals surface area contributed by atoms with Crippen LogP contribution in [0.3, 0.4) is 0 Å². The lowest BCUT2D eigenvalue weighted by atomic mass is 10.2. The fourth-order valence-electron chi connectivity index (χ4n) is 1.58. The molecule has 0 aromatic carbocycles. The summed E-state index contributed by atoms with van der Waals surface area (Å²) in [6.45, 7) is 3.91. The van der Waals surface area contributed by atoms with Crippen molar-refractivity contribution >= 4 is 17.3 Å². The van der Waals surface area contributed by atoms with E-state index >= 15 is 0 Å². The SMILES string of the molecule is CC(C)c1ncc(NN)c(C(=O)Nc2ccncc2)n1. The first kappa shape index (κ1) is 13.9. The van der Waals surface area contributed by atoms with Gasteiger partial charge in [-0.2, -0.15) is 0 Å². The number of carbonyl (C=O) groups is 1. The van der Waals surface area contributed by atoms with Gasteiger partial charge in [-0.3, -0.25) is 15.6 Å². The van der Waals surface area contributed by atoms with Crippen molar-refractivity contribution in [3.63, 3.8) is 0 Å². The fourth-order valence-corrected chi connectivity index (χ4v) is 1.58. The maximum atomic E-state index is 12.3. The lowest BCUT2D eigenvalue weighted by Gasteiger charge is -2.11. The number of anilines is 2. The maximum Gasteiger partial charge on any atom is 0.276 e. The number of pyridine rings is 1. The minimum Gasteiger partial charge on any atom is -0.321 e. The summed E-state index contributed by atoms with van der Waals surface area (Å²) in [6, 6.07) is 3.38. The molecule has 0 saturated heterocycles. The number of carbonyl (C=O) groups excluding carboxylic acids is 1. The molecule has 0 unspecified atom stereocenters. The molecule has 0 aliphatic carbocycles. The Morgan fingerprint density at radius 1 is 1.30 bits per heavy atom. The van der Waals surface area contributed by atoms with Crippen LogP contribution >= 0.6 is 0 Å². The van der Waals surface area contributed by atoms with Crippen molar-refractivity contribution in [1.82, 2.24) is 15.0 Å². The van der Waals surface area contributed by atoms with Crippen molar-refractivity contribution in [3.8, 4) is 0 Å². The van der Waals surface area contributed by atoms with Gasteiger partial charge in [-0.25, -0.2) is 9.97 Å². The van der Waals surface area contributed by atoms with Gasteiger partial charge in [0, 0.05) is 24.0 Å². The van der Waals surface area contributed by atoms with E-state index < -0.39 is 0 Å². The molecule has 1 amide bonds. The zero-order chi connectivity index (χ0) is 14.5. The topological polar surface area (TPSA) is 106 Å². The Hall–Kier alpha value is -2.54. The number of hydrogen-bond acceptors (Lipinski definition) is 6. The quantitative estimate of drug-likeness (QED) is 0.575. The van der Waals surface area contributed by atoms with Gasteiger partial charge in [-0.05, 0) is 12.1 Å². The molecule has 0 atom stereocenters. The van der Waals surface area contributed by atoms with Crippen molar-refractivity contribution in [1.29, 1.82) is 0 Å². The number of nitrogens with two attached hydrogens (primary N) is 1. The van der Waals surface area contributed by atoms with Crippen LogP contribution in [0.5, 0.6) is 0 Å². The highest BCUT2D eigenvalue weighted by Gasteiger charge is 2.16. The summed E-state index contributed by atoms with van der Waals surface area (Å²) >= 11 is 0. The number of aromatic nitrogens is 3. The number of nitrogens with zero attached hydrogens (tertiary/aromatic N) is 3. The van der Waals surface area contributed by atoms with Crippen LogP contribution in [0.2, 0.25) is 0 Å². The van der Waals surface area contributed by atoms with Gasteiger partial charge < -0.3 is 10.7 Å². The smallest absolute Gasteiger partial charge is 0.276 e. The van der Waals surface area contributed by atoms with Crippen molar-refractivity contribution in [2.24, 2.45) is 5.84 Å². The Morgan fingerprint density at radius 2 is 2.00 bits per heavy atom. The van der Waals surface area contributed by atoms with Gasteiger partial charge in [0.2, 0.25) is 0 Å². The normalized spacial score (nSPS) is 10.4. The van der Waals surface area contributed by atoms with Crippen molar-refractivity contribution in [2.75, 3.05) is 10.7 Å². The van der Waals surface area contributed by atoms with E-state index in [4.69, 9.17) is 5.84 Å². The molecular weight excluding hydrogens is 256 g/mol. The number of hydrazine groups is 1. The Labute approximate surface area is 116 Å².